The molecule has 4 nitrogen and oxygen atoms in total. The number of fused-ring (bicyclic) bond motifs is 5. The summed E-state index contributed by atoms with van der Waals surface area (Å²) in [7, 11) is 0. The van der Waals surface area contributed by atoms with Crippen molar-refractivity contribution in [3.8, 4) is 0 Å². The fourth-order valence-electron chi connectivity index (χ4n) is 4.45. The van der Waals surface area contributed by atoms with Crippen molar-refractivity contribution in [1.82, 2.24) is 0 Å². The molecule has 3 aliphatic carbocycles. The standard InChI is InChI=1S/C14H16N2O2/c17-16(18)11-4-2-1-3-10(11)15-14-12-8-5-6-9(7-8)13(12)14/h1-4,8-9,12-15H,5-7H2. The van der Waals surface area contributed by atoms with Gasteiger partial charge in [0.1, 0.15) is 5.69 Å². The predicted molar refractivity (Wildman–Crippen MR) is 68.3 cm³/mol. The van der Waals surface area contributed by atoms with E-state index in [1.807, 2.05) is 12.1 Å². The third kappa shape index (κ3) is 1.32. The number of nitrogens with one attached hydrogen (secondary N) is 1. The largest absolute Gasteiger partial charge is 0.376 e. The van der Waals surface area contributed by atoms with Crippen molar-refractivity contribution in [2.75, 3.05) is 5.32 Å². The van der Waals surface area contributed by atoms with Crippen molar-refractivity contribution in [1.29, 1.82) is 0 Å². The lowest BCUT2D eigenvalue weighted by atomic mass is 10.0. The fraction of sp³-hybridized carbons (Fsp3) is 0.571. The highest BCUT2D eigenvalue weighted by molar-refractivity contribution is 5.62. The number of nitro groups is 1. The molecule has 4 heteroatoms. The van der Waals surface area contributed by atoms with Crippen LogP contribution in [0.15, 0.2) is 24.3 Å². The van der Waals surface area contributed by atoms with Crippen LogP contribution >= 0.6 is 0 Å². The number of nitro benzene ring substituents is 1. The van der Waals surface area contributed by atoms with Gasteiger partial charge < -0.3 is 5.32 Å². The van der Waals surface area contributed by atoms with E-state index in [1.54, 1.807) is 12.1 Å². The van der Waals surface area contributed by atoms with Crippen LogP contribution in [0, 0.1) is 33.8 Å². The van der Waals surface area contributed by atoms with Gasteiger partial charge >= 0.3 is 0 Å². The van der Waals surface area contributed by atoms with Crippen LogP contribution in [-0.4, -0.2) is 11.0 Å². The minimum Gasteiger partial charge on any atom is -0.376 e. The topological polar surface area (TPSA) is 55.2 Å². The second kappa shape index (κ2) is 3.46. The third-order valence-corrected chi connectivity index (χ3v) is 5.16. The molecule has 0 saturated heterocycles. The smallest absolute Gasteiger partial charge is 0.292 e. The lowest BCUT2D eigenvalue weighted by molar-refractivity contribution is -0.384. The van der Waals surface area contributed by atoms with E-state index in [0.717, 1.165) is 23.7 Å². The zero-order chi connectivity index (χ0) is 12.3. The number of hydrogen-bond donors (Lipinski definition) is 1. The molecule has 0 radical (unpaired) electrons. The first-order valence-electron chi connectivity index (χ1n) is 6.75. The van der Waals surface area contributed by atoms with Crippen LogP contribution in [0.2, 0.25) is 0 Å². The van der Waals surface area contributed by atoms with Gasteiger partial charge in [0, 0.05) is 12.1 Å². The quantitative estimate of drug-likeness (QED) is 0.656. The number of hydrogen-bond acceptors (Lipinski definition) is 3. The van der Waals surface area contributed by atoms with Gasteiger partial charge in [0.15, 0.2) is 0 Å². The van der Waals surface area contributed by atoms with Crippen LogP contribution in [0.4, 0.5) is 11.4 Å². The number of anilines is 1. The molecule has 2 bridgehead atoms. The molecule has 1 aromatic rings. The highest BCUT2D eigenvalue weighted by Crippen LogP contribution is 2.66. The van der Waals surface area contributed by atoms with Crippen molar-refractivity contribution < 1.29 is 4.92 Å². The van der Waals surface area contributed by atoms with Gasteiger partial charge in [-0.05, 0) is 49.0 Å². The first kappa shape index (κ1) is 10.4. The maximum atomic E-state index is 11.0. The summed E-state index contributed by atoms with van der Waals surface area (Å²) in [4.78, 5) is 10.7. The molecule has 1 N–H and O–H groups in total. The molecular weight excluding hydrogens is 228 g/mol. The van der Waals surface area contributed by atoms with Crippen LogP contribution in [0.25, 0.3) is 0 Å². The molecule has 0 heterocycles. The fourth-order valence-corrected chi connectivity index (χ4v) is 4.45. The second-order valence-electron chi connectivity index (χ2n) is 5.93. The van der Waals surface area contributed by atoms with E-state index in [0.29, 0.717) is 11.7 Å². The van der Waals surface area contributed by atoms with Gasteiger partial charge in [-0.2, -0.15) is 0 Å². The summed E-state index contributed by atoms with van der Waals surface area (Å²) in [6.07, 6.45) is 4.16. The predicted octanol–water partition coefficient (Wildman–Crippen LogP) is 3.05. The summed E-state index contributed by atoms with van der Waals surface area (Å²) in [6, 6.07) is 7.49. The maximum Gasteiger partial charge on any atom is 0.292 e. The van der Waals surface area contributed by atoms with Gasteiger partial charge in [-0.25, -0.2) is 0 Å². The van der Waals surface area contributed by atoms with Gasteiger partial charge in [-0.1, -0.05) is 12.1 Å². The minimum absolute atomic E-state index is 0.204. The molecule has 3 aliphatic rings. The molecule has 0 aliphatic heterocycles. The highest BCUT2D eigenvalue weighted by Gasteiger charge is 2.65. The molecular formula is C14H16N2O2. The molecule has 4 rings (SSSR count). The van der Waals surface area contributed by atoms with E-state index in [4.69, 9.17) is 0 Å². The molecule has 0 amide bonds. The van der Waals surface area contributed by atoms with Crippen LogP contribution in [0.5, 0.6) is 0 Å². The Balaban J connectivity index is 1.55. The van der Waals surface area contributed by atoms with Gasteiger partial charge in [-0.3, -0.25) is 10.1 Å². The Morgan fingerprint density at radius 2 is 1.83 bits per heavy atom. The molecule has 18 heavy (non-hydrogen) atoms. The summed E-state index contributed by atoms with van der Waals surface area (Å²) in [5.41, 5.74) is 0.899. The Morgan fingerprint density at radius 3 is 2.50 bits per heavy atom. The maximum absolute atomic E-state index is 11.0. The van der Waals surface area contributed by atoms with Gasteiger partial charge in [0.25, 0.3) is 5.69 Å². The van der Waals surface area contributed by atoms with Crippen LogP contribution in [0.3, 0.4) is 0 Å². The molecule has 0 aromatic heterocycles. The van der Waals surface area contributed by atoms with E-state index in [-0.39, 0.29) is 10.6 Å². The first-order chi connectivity index (χ1) is 8.75. The lowest BCUT2D eigenvalue weighted by Crippen LogP contribution is -2.13. The van der Waals surface area contributed by atoms with Crippen molar-refractivity contribution in [3.05, 3.63) is 34.4 Å². The first-order valence-corrected chi connectivity index (χ1v) is 6.75. The summed E-state index contributed by atoms with van der Waals surface area (Å²) < 4.78 is 0. The Labute approximate surface area is 106 Å². The van der Waals surface area contributed by atoms with Crippen molar-refractivity contribution in [2.24, 2.45) is 23.7 Å². The highest BCUT2D eigenvalue weighted by atomic mass is 16.6. The van der Waals surface area contributed by atoms with Crippen LogP contribution < -0.4 is 5.32 Å². The molecule has 4 atom stereocenters. The Morgan fingerprint density at radius 1 is 1.17 bits per heavy atom. The van der Waals surface area contributed by atoms with Gasteiger partial charge in [-0.15, -0.1) is 0 Å². The molecule has 94 valence electrons. The van der Waals surface area contributed by atoms with Crippen molar-refractivity contribution in [2.45, 2.75) is 25.3 Å². The van der Waals surface area contributed by atoms with Crippen molar-refractivity contribution in [3.63, 3.8) is 0 Å². The lowest BCUT2D eigenvalue weighted by Gasteiger charge is -2.11. The Kier molecular flexibility index (Phi) is 1.99. The van der Waals surface area contributed by atoms with E-state index in [2.05, 4.69) is 5.32 Å². The van der Waals surface area contributed by atoms with Crippen LogP contribution in [-0.2, 0) is 0 Å². The van der Waals surface area contributed by atoms with Gasteiger partial charge in [0.2, 0.25) is 0 Å². The normalized spacial score (nSPS) is 39.4. The zero-order valence-electron chi connectivity index (χ0n) is 10.1. The number of para-hydroxylation sites is 2. The Bertz CT molecular complexity index is 500. The van der Waals surface area contributed by atoms with E-state index in [9.17, 15) is 10.1 Å². The molecule has 1 aromatic carbocycles. The number of rotatable bonds is 3. The Hall–Kier alpha value is -1.58. The third-order valence-electron chi connectivity index (χ3n) is 5.16. The van der Waals surface area contributed by atoms with Gasteiger partial charge in [0.05, 0.1) is 4.92 Å². The van der Waals surface area contributed by atoms with Crippen LogP contribution in [0.1, 0.15) is 19.3 Å². The summed E-state index contributed by atoms with van der Waals surface area (Å²) in [6.45, 7) is 0. The molecule has 4 unspecified atom stereocenters. The minimum atomic E-state index is -0.297. The van der Waals surface area contributed by atoms with E-state index in [1.165, 1.54) is 19.3 Å². The zero-order valence-corrected chi connectivity index (χ0v) is 10.1. The SMILES string of the molecule is O=[N+]([O-])c1ccccc1NC1C2C3CCC(C3)C12. The van der Waals surface area contributed by atoms with E-state index >= 15 is 0 Å². The van der Waals surface area contributed by atoms with E-state index < -0.39 is 0 Å². The number of benzene rings is 1. The molecule has 0 spiro atoms. The average Bonchev–Trinajstić information content (AvgIpc) is 2.78. The monoisotopic (exact) mass is 244 g/mol. The van der Waals surface area contributed by atoms with Crippen molar-refractivity contribution >= 4 is 11.4 Å². The summed E-state index contributed by atoms with van der Waals surface area (Å²) in [5.74, 6) is 3.37. The number of nitrogens with zero attached hydrogens (tertiary/aromatic N) is 1. The molecule has 3 saturated carbocycles. The average molecular weight is 244 g/mol. The summed E-state index contributed by atoms with van der Waals surface area (Å²) in [5, 5.41) is 14.4. The molecule has 3 fully saturated rings. The summed E-state index contributed by atoms with van der Waals surface area (Å²) >= 11 is 0. The second-order valence-corrected chi connectivity index (χ2v) is 5.93.